The van der Waals surface area contributed by atoms with Crippen molar-refractivity contribution in [1.29, 1.82) is 0 Å². The van der Waals surface area contributed by atoms with Gasteiger partial charge in [0, 0.05) is 58.2 Å². The summed E-state index contributed by atoms with van der Waals surface area (Å²) in [6, 6.07) is 7.98. The van der Waals surface area contributed by atoms with Crippen LogP contribution in [0.15, 0.2) is 47.5 Å². The van der Waals surface area contributed by atoms with Gasteiger partial charge in [-0.15, -0.1) is 0 Å². The van der Waals surface area contributed by atoms with Crippen LogP contribution in [0.25, 0.3) is 11.1 Å². The number of halogens is 2. The molecular weight excluding hydrogens is 467 g/mol. The highest BCUT2D eigenvalue weighted by molar-refractivity contribution is 6.29. The summed E-state index contributed by atoms with van der Waals surface area (Å²) in [4.78, 5) is 4.51. The molecule has 0 aliphatic rings. The smallest absolute Gasteiger partial charge is 0.123 e. The second-order valence-electron chi connectivity index (χ2n) is 8.60. The first-order chi connectivity index (χ1) is 16.1. The van der Waals surface area contributed by atoms with Crippen LogP contribution in [-0.2, 0) is 25.9 Å². The van der Waals surface area contributed by atoms with Gasteiger partial charge in [0.25, 0.3) is 0 Å². The average molecular weight is 506 g/mol. The summed E-state index contributed by atoms with van der Waals surface area (Å²) in [5, 5.41) is 22.9. The molecule has 0 saturated heterocycles. The molecule has 34 heavy (non-hydrogen) atoms. The number of hydrogen-bond acceptors (Lipinski definition) is 4. The van der Waals surface area contributed by atoms with Gasteiger partial charge in [0.2, 0.25) is 0 Å². The topological polar surface area (TPSA) is 46.9 Å². The lowest BCUT2D eigenvalue weighted by Gasteiger charge is -2.22. The Morgan fingerprint density at radius 2 is 0.941 bits per heavy atom. The molecular formula is C28H38Cl2N2O2. The maximum Gasteiger partial charge on any atom is 0.123 e. The van der Waals surface area contributed by atoms with Crippen LogP contribution in [-0.4, -0.2) is 46.2 Å². The quantitative estimate of drug-likeness (QED) is 0.307. The van der Waals surface area contributed by atoms with Gasteiger partial charge in [-0.1, -0.05) is 64.1 Å². The molecule has 0 amide bonds. The number of aromatic hydroxyl groups is 2. The molecule has 6 heteroatoms. The molecule has 0 radical (unpaired) electrons. The first-order valence-corrected chi connectivity index (χ1v) is 12.7. The Hall–Kier alpha value is -1.98. The van der Waals surface area contributed by atoms with E-state index >= 15 is 0 Å². The van der Waals surface area contributed by atoms with E-state index in [2.05, 4.69) is 50.7 Å². The fourth-order valence-electron chi connectivity index (χ4n) is 4.15. The molecule has 0 unspecified atom stereocenters. The molecule has 2 N–H and O–H groups in total. The zero-order chi connectivity index (χ0) is 25.4. The molecule has 0 aliphatic heterocycles. The van der Waals surface area contributed by atoms with E-state index in [9.17, 15) is 10.2 Å². The van der Waals surface area contributed by atoms with Gasteiger partial charge in [-0.25, -0.2) is 0 Å². The van der Waals surface area contributed by atoms with Crippen molar-refractivity contribution >= 4 is 23.2 Å². The molecule has 0 bridgehead atoms. The number of benzene rings is 2. The third kappa shape index (κ3) is 7.51. The monoisotopic (exact) mass is 504 g/mol. The fourth-order valence-corrected chi connectivity index (χ4v) is 4.44. The van der Waals surface area contributed by atoms with Crippen LogP contribution >= 0.6 is 23.2 Å². The van der Waals surface area contributed by atoms with E-state index in [1.54, 1.807) is 0 Å². The molecule has 0 saturated carbocycles. The lowest BCUT2D eigenvalue weighted by atomic mass is 9.93. The summed E-state index contributed by atoms with van der Waals surface area (Å²) in [6.07, 6.45) is 0.754. The maximum absolute atomic E-state index is 11.0. The van der Waals surface area contributed by atoms with E-state index in [0.717, 1.165) is 59.6 Å². The van der Waals surface area contributed by atoms with Crippen molar-refractivity contribution in [2.75, 3.05) is 26.2 Å². The minimum absolute atomic E-state index is 0.258. The van der Waals surface area contributed by atoms with Gasteiger partial charge in [0.1, 0.15) is 11.5 Å². The van der Waals surface area contributed by atoms with Crippen LogP contribution in [0.3, 0.4) is 0 Å². The molecule has 0 aliphatic carbocycles. The lowest BCUT2D eigenvalue weighted by molar-refractivity contribution is 0.290. The van der Waals surface area contributed by atoms with Gasteiger partial charge in [-0.3, -0.25) is 9.80 Å². The van der Waals surface area contributed by atoms with E-state index in [-0.39, 0.29) is 11.5 Å². The standard InChI is InChI=1S/C28H38Cl2N2O2/c1-7-31(8-2)17-25-15-21(13-23(27(25)33)11-19(5)29)22-14-24(12-20(6)30)28(34)26(16-22)18-32(9-3)10-4/h13-16,33-34H,5-12,17-18H2,1-4H3. The van der Waals surface area contributed by atoms with Crippen molar-refractivity contribution in [3.8, 4) is 22.6 Å². The van der Waals surface area contributed by atoms with E-state index in [1.807, 2.05) is 24.3 Å². The van der Waals surface area contributed by atoms with Crippen LogP contribution in [0.4, 0.5) is 0 Å². The highest BCUT2D eigenvalue weighted by Crippen LogP contribution is 2.37. The normalized spacial score (nSPS) is 11.4. The first-order valence-electron chi connectivity index (χ1n) is 11.9. The third-order valence-corrected chi connectivity index (χ3v) is 6.48. The van der Waals surface area contributed by atoms with E-state index in [1.165, 1.54) is 0 Å². The predicted octanol–water partition coefficient (Wildman–Crippen LogP) is 7.04. The Morgan fingerprint density at radius 3 is 1.21 bits per heavy atom. The molecule has 0 atom stereocenters. The molecule has 0 aromatic heterocycles. The fraction of sp³-hybridized carbons (Fsp3) is 0.429. The van der Waals surface area contributed by atoms with E-state index in [0.29, 0.717) is 36.0 Å². The molecule has 2 rings (SSSR count). The van der Waals surface area contributed by atoms with Gasteiger partial charge >= 0.3 is 0 Å². The van der Waals surface area contributed by atoms with Crippen molar-refractivity contribution in [3.05, 3.63) is 69.7 Å². The maximum atomic E-state index is 11.0. The lowest BCUT2D eigenvalue weighted by Crippen LogP contribution is -2.22. The molecule has 2 aromatic rings. The highest BCUT2D eigenvalue weighted by atomic mass is 35.5. The Balaban J connectivity index is 2.70. The summed E-state index contributed by atoms with van der Waals surface area (Å²) >= 11 is 12.3. The summed E-state index contributed by atoms with van der Waals surface area (Å²) in [5.74, 6) is 0.517. The van der Waals surface area contributed by atoms with Gasteiger partial charge in [0.05, 0.1) is 0 Å². The molecule has 2 aromatic carbocycles. The van der Waals surface area contributed by atoms with Crippen LogP contribution in [0, 0.1) is 0 Å². The van der Waals surface area contributed by atoms with Crippen LogP contribution in [0.5, 0.6) is 11.5 Å². The number of rotatable bonds is 13. The third-order valence-electron chi connectivity index (χ3n) is 6.21. The minimum atomic E-state index is 0.258. The summed E-state index contributed by atoms with van der Waals surface area (Å²) in [7, 11) is 0. The number of phenols is 2. The largest absolute Gasteiger partial charge is 0.507 e. The highest BCUT2D eigenvalue weighted by Gasteiger charge is 2.18. The molecule has 0 spiro atoms. The predicted molar refractivity (Wildman–Crippen MR) is 146 cm³/mol. The zero-order valence-electron chi connectivity index (χ0n) is 20.9. The van der Waals surface area contributed by atoms with Gasteiger partial charge < -0.3 is 10.2 Å². The Morgan fingerprint density at radius 1 is 0.647 bits per heavy atom. The summed E-state index contributed by atoms with van der Waals surface area (Å²) in [5.41, 5.74) is 5.07. The molecule has 186 valence electrons. The van der Waals surface area contributed by atoms with Gasteiger partial charge in [-0.05, 0) is 61.6 Å². The first kappa shape index (κ1) is 28.3. The second kappa shape index (κ2) is 13.2. The van der Waals surface area contributed by atoms with Crippen molar-refractivity contribution in [3.63, 3.8) is 0 Å². The van der Waals surface area contributed by atoms with Gasteiger partial charge in [0.15, 0.2) is 0 Å². The number of phenolic OH excluding ortho intramolecular Hbond substituents is 2. The summed E-state index contributed by atoms with van der Waals surface area (Å²) < 4.78 is 0. The molecule has 0 fully saturated rings. The van der Waals surface area contributed by atoms with Gasteiger partial charge in [-0.2, -0.15) is 0 Å². The zero-order valence-corrected chi connectivity index (χ0v) is 22.4. The van der Waals surface area contributed by atoms with Crippen molar-refractivity contribution in [2.45, 2.75) is 53.6 Å². The van der Waals surface area contributed by atoms with Crippen LogP contribution in [0.2, 0.25) is 0 Å². The van der Waals surface area contributed by atoms with Crippen molar-refractivity contribution in [1.82, 2.24) is 9.80 Å². The second-order valence-corrected chi connectivity index (χ2v) is 9.67. The number of allylic oxidation sites excluding steroid dienone is 2. The van der Waals surface area contributed by atoms with Crippen LogP contribution in [0.1, 0.15) is 49.9 Å². The molecule has 4 nitrogen and oxygen atoms in total. The van der Waals surface area contributed by atoms with Crippen LogP contribution < -0.4 is 0 Å². The number of nitrogens with zero attached hydrogens (tertiary/aromatic N) is 2. The average Bonchev–Trinajstić information content (AvgIpc) is 2.79. The van der Waals surface area contributed by atoms with Crippen molar-refractivity contribution < 1.29 is 10.2 Å². The Kier molecular flexibility index (Phi) is 11.0. The van der Waals surface area contributed by atoms with E-state index < -0.39 is 0 Å². The minimum Gasteiger partial charge on any atom is -0.507 e. The van der Waals surface area contributed by atoms with E-state index in [4.69, 9.17) is 23.2 Å². The molecule has 0 heterocycles. The summed E-state index contributed by atoms with van der Waals surface area (Å²) in [6.45, 7) is 20.9. The Bertz CT molecular complexity index is 930. The number of hydrogen-bond donors (Lipinski definition) is 2. The van der Waals surface area contributed by atoms with Crippen molar-refractivity contribution in [2.24, 2.45) is 0 Å². The Labute approximate surface area is 215 Å². The SMILES string of the molecule is C=C(Cl)Cc1cc(-c2cc(CC(=C)Cl)c(O)c(CN(CC)CC)c2)cc(CN(CC)CC)c1O.